The van der Waals surface area contributed by atoms with Crippen molar-refractivity contribution < 1.29 is 0 Å². The van der Waals surface area contributed by atoms with Crippen LogP contribution in [-0.4, -0.2) is 9.78 Å². The van der Waals surface area contributed by atoms with Crippen LogP contribution in [0.2, 0.25) is 0 Å². The molecule has 0 bridgehead atoms. The fourth-order valence-electron chi connectivity index (χ4n) is 2.81. The summed E-state index contributed by atoms with van der Waals surface area (Å²) in [4.78, 5) is 0. The van der Waals surface area contributed by atoms with Crippen LogP contribution in [0.5, 0.6) is 0 Å². The maximum absolute atomic E-state index is 4.50. The van der Waals surface area contributed by atoms with E-state index >= 15 is 0 Å². The van der Waals surface area contributed by atoms with Gasteiger partial charge >= 0.3 is 0 Å². The predicted molar refractivity (Wildman–Crippen MR) is 89.9 cm³/mol. The minimum atomic E-state index is 0.195. The lowest BCUT2D eigenvalue weighted by Gasteiger charge is -2.21. The highest BCUT2D eigenvalue weighted by molar-refractivity contribution is 5.48. The average molecular weight is 285 g/mol. The van der Waals surface area contributed by atoms with Gasteiger partial charge in [-0.25, -0.2) is 0 Å². The molecule has 0 fully saturated rings. The molecule has 1 N–H and O–H groups in total. The van der Waals surface area contributed by atoms with Crippen LogP contribution in [0.15, 0.2) is 24.3 Å². The highest BCUT2D eigenvalue weighted by Crippen LogP contribution is 2.27. The van der Waals surface area contributed by atoms with Gasteiger partial charge in [-0.15, -0.1) is 0 Å². The Bertz CT molecular complexity index is 615. The fourth-order valence-corrected chi connectivity index (χ4v) is 2.81. The van der Waals surface area contributed by atoms with Gasteiger partial charge in [0, 0.05) is 24.0 Å². The molecule has 0 aliphatic rings. The van der Waals surface area contributed by atoms with E-state index in [1.165, 1.54) is 16.8 Å². The molecular weight excluding hydrogens is 258 g/mol. The zero-order chi connectivity index (χ0) is 15.8. The number of nitrogens with one attached hydrogen (secondary N) is 1. The van der Waals surface area contributed by atoms with E-state index in [4.69, 9.17) is 0 Å². The van der Waals surface area contributed by atoms with Gasteiger partial charge in [0.2, 0.25) is 0 Å². The maximum Gasteiger partial charge on any atom is 0.0649 e. The van der Waals surface area contributed by atoms with Crippen molar-refractivity contribution in [1.82, 2.24) is 9.78 Å². The Balaban J connectivity index is 2.18. The summed E-state index contributed by atoms with van der Waals surface area (Å²) >= 11 is 0. The maximum atomic E-state index is 4.50. The minimum Gasteiger partial charge on any atom is -0.378 e. The lowest BCUT2D eigenvalue weighted by molar-refractivity contribution is 0.590. The minimum absolute atomic E-state index is 0.195. The Morgan fingerprint density at radius 3 is 2.10 bits per heavy atom. The number of anilines is 1. The monoisotopic (exact) mass is 285 g/mol. The van der Waals surface area contributed by atoms with Crippen molar-refractivity contribution in [2.75, 3.05) is 5.32 Å². The molecule has 1 atom stereocenters. The van der Waals surface area contributed by atoms with Crippen molar-refractivity contribution in [2.45, 2.75) is 53.0 Å². The summed E-state index contributed by atoms with van der Waals surface area (Å²) in [7, 11) is 2.00. The molecule has 1 heterocycles. The lowest BCUT2D eigenvalue weighted by atomic mass is 9.87. The molecule has 2 rings (SSSR count). The van der Waals surface area contributed by atoms with E-state index in [1.807, 2.05) is 11.7 Å². The molecule has 1 aromatic carbocycles. The molecule has 3 nitrogen and oxygen atoms in total. The van der Waals surface area contributed by atoms with Gasteiger partial charge in [0.25, 0.3) is 0 Å². The molecule has 0 saturated carbocycles. The standard InChI is InChI=1S/C18H27N3/c1-12(17-13(2)20-21(7)14(17)3)19-16-10-8-15(9-11-16)18(4,5)6/h8-12,19H,1-7H3. The third-order valence-corrected chi connectivity index (χ3v) is 4.13. The Morgan fingerprint density at radius 2 is 1.67 bits per heavy atom. The summed E-state index contributed by atoms with van der Waals surface area (Å²) in [6, 6.07) is 8.99. The van der Waals surface area contributed by atoms with Gasteiger partial charge in [-0.1, -0.05) is 32.9 Å². The van der Waals surface area contributed by atoms with E-state index in [2.05, 4.69) is 76.2 Å². The molecule has 1 unspecified atom stereocenters. The summed E-state index contributed by atoms with van der Waals surface area (Å²) in [5.74, 6) is 0. The van der Waals surface area contributed by atoms with Crippen LogP contribution in [0.4, 0.5) is 5.69 Å². The fraction of sp³-hybridized carbons (Fsp3) is 0.500. The third-order valence-electron chi connectivity index (χ3n) is 4.13. The van der Waals surface area contributed by atoms with Gasteiger partial charge in [-0.2, -0.15) is 5.10 Å². The molecule has 21 heavy (non-hydrogen) atoms. The van der Waals surface area contributed by atoms with E-state index in [1.54, 1.807) is 0 Å². The van der Waals surface area contributed by atoms with Crippen LogP contribution in [0, 0.1) is 13.8 Å². The molecule has 0 saturated heterocycles. The molecule has 3 heteroatoms. The van der Waals surface area contributed by atoms with Crippen LogP contribution in [0.3, 0.4) is 0 Å². The van der Waals surface area contributed by atoms with Gasteiger partial charge in [0.1, 0.15) is 0 Å². The van der Waals surface area contributed by atoms with Crippen LogP contribution in [0.1, 0.15) is 56.3 Å². The summed E-state index contributed by atoms with van der Waals surface area (Å²) < 4.78 is 1.95. The summed E-state index contributed by atoms with van der Waals surface area (Å²) in [6.07, 6.45) is 0. The SMILES string of the molecule is Cc1nn(C)c(C)c1C(C)Nc1ccc(C(C)(C)C)cc1. The van der Waals surface area contributed by atoms with E-state index in [9.17, 15) is 0 Å². The predicted octanol–water partition coefficient (Wildman–Crippen LogP) is 4.51. The van der Waals surface area contributed by atoms with Crippen molar-refractivity contribution in [3.05, 3.63) is 46.8 Å². The van der Waals surface area contributed by atoms with Gasteiger partial charge in [0.05, 0.1) is 11.7 Å². The summed E-state index contributed by atoms with van der Waals surface area (Å²) in [5, 5.41) is 8.07. The Morgan fingerprint density at radius 1 is 1.10 bits per heavy atom. The van der Waals surface area contributed by atoms with Crippen molar-refractivity contribution >= 4 is 5.69 Å². The third kappa shape index (κ3) is 3.29. The second-order valence-corrected chi connectivity index (χ2v) is 6.90. The Kier molecular flexibility index (Phi) is 4.13. The molecule has 1 aromatic heterocycles. The smallest absolute Gasteiger partial charge is 0.0649 e. The largest absolute Gasteiger partial charge is 0.378 e. The normalized spacial score (nSPS) is 13.3. The Labute approximate surface area is 128 Å². The van der Waals surface area contributed by atoms with Crippen LogP contribution < -0.4 is 5.32 Å². The topological polar surface area (TPSA) is 29.9 Å². The molecule has 2 aromatic rings. The number of benzene rings is 1. The van der Waals surface area contributed by atoms with Gasteiger partial charge in [-0.3, -0.25) is 4.68 Å². The van der Waals surface area contributed by atoms with Crippen LogP contribution >= 0.6 is 0 Å². The van der Waals surface area contributed by atoms with Crippen molar-refractivity contribution in [3.63, 3.8) is 0 Å². The molecule has 0 aliphatic heterocycles. The number of hydrogen-bond acceptors (Lipinski definition) is 2. The van der Waals surface area contributed by atoms with Crippen LogP contribution in [0.25, 0.3) is 0 Å². The van der Waals surface area contributed by atoms with Crippen molar-refractivity contribution in [1.29, 1.82) is 0 Å². The lowest BCUT2D eigenvalue weighted by Crippen LogP contribution is -2.12. The van der Waals surface area contributed by atoms with E-state index in [-0.39, 0.29) is 11.5 Å². The number of rotatable bonds is 3. The quantitative estimate of drug-likeness (QED) is 0.899. The van der Waals surface area contributed by atoms with E-state index in [0.29, 0.717) is 0 Å². The Hall–Kier alpha value is -1.77. The first kappa shape index (κ1) is 15.6. The summed E-state index contributed by atoms with van der Waals surface area (Å²) in [6.45, 7) is 13.1. The van der Waals surface area contributed by atoms with Crippen LogP contribution in [-0.2, 0) is 12.5 Å². The molecule has 114 valence electrons. The average Bonchev–Trinajstić information content (AvgIpc) is 2.62. The number of aryl methyl sites for hydroxylation is 2. The number of aromatic nitrogens is 2. The molecule has 0 radical (unpaired) electrons. The summed E-state index contributed by atoms with van der Waals surface area (Å²) in [5.41, 5.74) is 6.31. The molecular formula is C18H27N3. The first-order valence-corrected chi connectivity index (χ1v) is 7.57. The van der Waals surface area contributed by atoms with Gasteiger partial charge in [0.15, 0.2) is 0 Å². The first-order valence-electron chi connectivity index (χ1n) is 7.57. The van der Waals surface area contributed by atoms with Gasteiger partial charge in [-0.05, 0) is 43.9 Å². The first-order chi connectivity index (χ1) is 9.70. The number of nitrogens with zero attached hydrogens (tertiary/aromatic N) is 2. The van der Waals surface area contributed by atoms with E-state index in [0.717, 1.165) is 11.4 Å². The highest BCUT2D eigenvalue weighted by Gasteiger charge is 2.17. The van der Waals surface area contributed by atoms with Crippen molar-refractivity contribution in [2.24, 2.45) is 7.05 Å². The van der Waals surface area contributed by atoms with Gasteiger partial charge < -0.3 is 5.32 Å². The second-order valence-electron chi connectivity index (χ2n) is 6.90. The molecule has 0 amide bonds. The zero-order valence-corrected chi connectivity index (χ0v) is 14.3. The second kappa shape index (κ2) is 5.55. The number of hydrogen-bond donors (Lipinski definition) is 1. The van der Waals surface area contributed by atoms with Crippen molar-refractivity contribution in [3.8, 4) is 0 Å². The zero-order valence-electron chi connectivity index (χ0n) is 14.3. The van der Waals surface area contributed by atoms with E-state index < -0.39 is 0 Å². The molecule has 0 spiro atoms. The highest BCUT2D eigenvalue weighted by atomic mass is 15.3. The molecule has 0 aliphatic carbocycles.